The van der Waals surface area contributed by atoms with Crippen LogP contribution in [0.5, 0.6) is 0 Å². The van der Waals surface area contributed by atoms with Crippen LogP contribution in [0.1, 0.15) is 361 Å². The van der Waals surface area contributed by atoms with Gasteiger partial charge in [0.05, 0.1) is 25.4 Å². The lowest BCUT2D eigenvalue weighted by Crippen LogP contribution is -2.45. The van der Waals surface area contributed by atoms with Crippen molar-refractivity contribution in [3.05, 3.63) is 36.5 Å². The Morgan fingerprint density at radius 3 is 1.03 bits per heavy atom. The number of amides is 1. The van der Waals surface area contributed by atoms with Crippen molar-refractivity contribution in [3.8, 4) is 0 Å². The third-order valence-corrected chi connectivity index (χ3v) is 15.4. The van der Waals surface area contributed by atoms with Crippen LogP contribution >= 0.6 is 0 Å². The molecule has 0 heterocycles. The first kappa shape index (κ1) is 72.1. The molecule has 0 saturated carbocycles. The van der Waals surface area contributed by atoms with E-state index in [4.69, 9.17) is 4.74 Å². The number of nitrogens with one attached hydrogen (secondary N) is 1. The number of esters is 1. The number of rotatable bonds is 62. The van der Waals surface area contributed by atoms with E-state index in [1.807, 2.05) is 6.08 Å². The second-order valence-corrected chi connectivity index (χ2v) is 22.8. The quantitative estimate of drug-likeness (QED) is 0.0320. The minimum Gasteiger partial charge on any atom is -0.466 e. The van der Waals surface area contributed by atoms with Gasteiger partial charge in [-0.05, 0) is 64.2 Å². The van der Waals surface area contributed by atoms with Gasteiger partial charge in [0, 0.05) is 12.8 Å². The molecule has 2 unspecified atom stereocenters. The predicted molar refractivity (Wildman–Crippen MR) is 324 cm³/mol. The molecule has 0 saturated heterocycles. The van der Waals surface area contributed by atoms with Crippen molar-refractivity contribution >= 4 is 11.9 Å². The van der Waals surface area contributed by atoms with E-state index in [9.17, 15) is 19.8 Å². The summed E-state index contributed by atoms with van der Waals surface area (Å²) < 4.78 is 5.50. The molecule has 6 heteroatoms. The zero-order valence-electron chi connectivity index (χ0n) is 49.8. The number of unbranched alkanes of at least 4 members (excludes halogenated alkanes) is 47. The zero-order valence-corrected chi connectivity index (χ0v) is 49.8. The van der Waals surface area contributed by atoms with Crippen LogP contribution < -0.4 is 5.32 Å². The third-order valence-electron chi connectivity index (χ3n) is 15.4. The fourth-order valence-corrected chi connectivity index (χ4v) is 10.3. The number of aliphatic hydroxyl groups excluding tert-OH is 2. The van der Waals surface area contributed by atoms with Gasteiger partial charge in [-0.15, -0.1) is 0 Å². The summed E-state index contributed by atoms with van der Waals surface area (Å²) in [5, 5.41) is 23.1. The normalized spacial score (nSPS) is 12.8. The summed E-state index contributed by atoms with van der Waals surface area (Å²) in [5.74, 6) is -0.0561. The van der Waals surface area contributed by atoms with Crippen molar-refractivity contribution in [2.75, 3.05) is 13.2 Å². The molecular weight excluding hydrogens is 911 g/mol. The highest BCUT2D eigenvalue weighted by Crippen LogP contribution is 2.18. The summed E-state index contributed by atoms with van der Waals surface area (Å²) in [7, 11) is 0. The first-order chi connectivity index (χ1) is 36.5. The highest BCUT2D eigenvalue weighted by molar-refractivity contribution is 5.76. The lowest BCUT2D eigenvalue weighted by atomic mass is 10.0. The second-order valence-electron chi connectivity index (χ2n) is 22.8. The van der Waals surface area contributed by atoms with E-state index in [0.29, 0.717) is 19.4 Å². The molecule has 2 atom stereocenters. The van der Waals surface area contributed by atoms with Crippen LogP contribution in [0.15, 0.2) is 36.5 Å². The Bertz CT molecular complexity index is 1200. The molecule has 6 nitrogen and oxygen atoms in total. The molecule has 0 aromatic rings. The number of carbonyl (C=O) groups excluding carboxylic acids is 2. The van der Waals surface area contributed by atoms with Crippen molar-refractivity contribution < 1.29 is 24.5 Å². The van der Waals surface area contributed by atoms with E-state index in [2.05, 4.69) is 43.5 Å². The molecule has 0 aliphatic carbocycles. The van der Waals surface area contributed by atoms with E-state index in [1.54, 1.807) is 6.08 Å². The van der Waals surface area contributed by atoms with Crippen molar-refractivity contribution in [1.82, 2.24) is 5.32 Å². The topological polar surface area (TPSA) is 95.9 Å². The molecule has 436 valence electrons. The van der Waals surface area contributed by atoms with E-state index < -0.39 is 12.1 Å². The lowest BCUT2D eigenvalue weighted by molar-refractivity contribution is -0.143. The zero-order chi connectivity index (χ0) is 53.6. The van der Waals surface area contributed by atoms with Crippen LogP contribution in [0.4, 0.5) is 0 Å². The lowest BCUT2D eigenvalue weighted by Gasteiger charge is -2.20. The molecular formula is C68H129NO5. The smallest absolute Gasteiger partial charge is 0.305 e. The molecule has 0 spiro atoms. The van der Waals surface area contributed by atoms with E-state index in [1.165, 1.54) is 289 Å². The molecule has 0 aromatic carbocycles. The first-order valence-corrected chi connectivity index (χ1v) is 33.3. The largest absolute Gasteiger partial charge is 0.466 e. The van der Waals surface area contributed by atoms with Gasteiger partial charge in [0.1, 0.15) is 0 Å². The van der Waals surface area contributed by atoms with Gasteiger partial charge in [0.25, 0.3) is 0 Å². The number of hydrogen-bond donors (Lipinski definition) is 3. The minimum absolute atomic E-state index is 0.0144. The minimum atomic E-state index is -0.846. The molecule has 0 bridgehead atoms. The van der Waals surface area contributed by atoms with Crippen LogP contribution in [-0.4, -0.2) is 47.4 Å². The highest BCUT2D eigenvalue weighted by atomic mass is 16.5. The van der Waals surface area contributed by atoms with Crippen molar-refractivity contribution in [2.45, 2.75) is 373 Å². The fraction of sp³-hybridized carbons (Fsp3) is 0.882. The molecule has 0 fully saturated rings. The van der Waals surface area contributed by atoms with Gasteiger partial charge >= 0.3 is 5.97 Å². The summed E-state index contributed by atoms with van der Waals surface area (Å²) in [5.41, 5.74) is 0. The number of ether oxygens (including phenoxy) is 1. The van der Waals surface area contributed by atoms with E-state index in [-0.39, 0.29) is 18.5 Å². The van der Waals surface area contributed by atoms with Crippen LogP contribution in [0.3, 0.4) is 0 Å². The summed E-state index contributed by atoms with van der Waals surface area (Å²) in [6, 6.07) is -0.630. The van der Waals surface area contributed by atoms with Crippen LogP contribution in [0.25, 0.3) is 0 Å². The summed E-state index contributed by atoms with van der Waals surface area (Å²) >= 11 is 0. The first-order valence-electron chi connectivity index (χ1n) is 33.3. The number of carbonyl (C=O) groups is 2. The Hall–Kier alpha value is -1.92. The third kappa shape index (κ3) is 59.3. The van der Waals surface area contributed by atoms with Crippen molar-refractivity contribution in [2.24, 2.45) is 0 Å². The van der Waals surface area contributed by atoms with Gasteiger partial charge in [-0.1, -0.05) is 320 Å². The highest BCUT2D eigenvalue weighted by Gasteiger charge is 2.18. The van der Waals surface area contributed by atoms with E-state index >= 15 is 0 Å². The Morgan fingerprint density at radius 2 is 0.676 bits per heavy atom. The van der Waals surface area contributed by atoms with Gasteiger partial charge in [-0.2, -0.15) is 0 Å². The SMILES string of the molecule is CCCCCCCCCCCCC/C=C/C(O)C(CO)NC(=O)CCCCCCCCCCCCC/C=C\C/C=C\CCCCCCCCCCCOC(=O)CCCCCCCCCCCCCCCCCCC. The maximum absolute atomic E-state index is 12.5. The average Bonchev–Trinajstić information content (AvgIpc) is 3.40. The summed E-state index contributed by atoms with van der Waals surface area (Å²) in [6.45, 7) is 4.92. The number of hydrogen-bond acceptors (Lipinski definition) is 5. The Morgan fingerprint density at radius 1 is 0.378 bits per heavy atom. The van der Waals surface area contributed by atoms with Gasteiger partial charge in [-0.3, -0.25) is 9.59 Å². The summed E-state index contributed by atoms with van der Waals surface area (Å²) in [4.78, 5) is 24.5. The Balaban J connectivity index is 3.41. The average molecular weight is 1040 g/mol. The molecule has 0 rings (SSSR count). The molecule has 3 N–H and O–H groups in total. The predicted octanol–water partition coefficient (Wildman–Crippen LogP) is 21.1. The molecule has 0 aromatic heterocycles. The maximum Gasteiger partial charge on any atom is 0.305 e. The van der Waals surface area contributed by atoms with E-state index in [0.717, 1.165) is 44.9 Å². The number of allylic oxidation sites excluding steroid dienone is 5. The van der Waals surface area contributed by atoms with Crippen LogP contribution in [0, 0.1) is 0 Å². The van der Waals surface area contributed by atoms with Gasteiger partial charge in [0.2, 0.25) is 5.91 Å². The number of aliphatic hydroxyl groups is 2. The van der Waals surface area contributed by atoms with Crippen molar-refractivity contribution in [3.63, 3.8) is 0 Å². The standard InChI is InChI=1S/C68H129NO5/c1-3-5-7-9-11-13-15-17-18-30-34-38-42-46-50-54-58-62-68(73)74-63-59-55-51-47-43-39-35-32-29-27-25-23-21-19-20-22-24-26-28-31-33-37-41-45-49-53-57-61-67(72)69-65(64-70)66(71)60-56-52-48-44-40-36-16-14-12-10-8-6-4-2/h19-20,23,25,56,60,65-66,70-71H,3-18,21-22,24,26-55,57-59,61-64H2,1-2H3,(H,69,72)/b20-19-,25-23-,60-56+. The second kappa shape index (κ2) is 63.6. The van der Waals surface area contributed by atoms with Crippen LogP contribution in [0.2, 0.25) is 0 Å². The maximum atomic E-state index is 12.5. The van der Waals surface area contributed by atoms with Gasteiger partial charge in [0.15, 0.2) is 0 Å². The Kier molecular flexibility index (Phi) is 62.0. The monoisotopic (exact) mass is 1040 g/mol. The molecule has 0 radical (unpaired) electrons. The van der Waals surface area contributed by atoms with Gasteiger partial charge < -0.3 is 20.3 Å². The molecule has 0 aliphatic heterocycles. The molecule has 74 heavy (non-hydrogen) atoms. The Labute approximate surface area is 462 Å². The fourth-order valence-electron chi connectivity index (χ4n) is 10.3. The van der Waals surface area contributed by atoms with Gasteiger partial charge in [-0.25, -0.2) is 0 Å². The summed E-state index contributed by atoms with van der Waals surface area (Å²) in [6.07, 6.45) is 80.6. The van der Waals surface area contributed by atoms with Crippen molar-refractivity contribution in [1.29, 1.82) is 0 Å². The molecule has 1 amide bonds. The van der Waals surface area contributed by atoms with Crippen LogP contribution in [-0.2, 0) is 14.3 Å². The molecule has 0 aliphatic rings.